The zero-order valence-electron chi connectivity index (χ0n) is 12.1. The summed E-state index contributed by atoms with van der Waals surface area (Å²) in [7, 11) is 0. The van der Waals surface area contributed by atoms with Crippen LogP contribution in [0.3, 0.4) is 0 Å². The highest BCUT2D eigenvalue weighted by atomic mass is 15.0. The Balaban J connectivity index is 2.01. The summed E-state index contributed by atoms with van der Waals surface area (Å²) in [6.07, 6.45) is 5.08. The van der Waals surface area contributed by atoms with Gasteiger partial charge in [-0.2, -0.15) is 0 Å². The molecule has 19 heavy (non-hydrogen) atoms. The van der Waals surface area contributed by atoms with Crippen molar-refractivity contribution >= 4 is 0 Å². The zero-order valence-corrected chi connectivity index (χ0v) is 12.1. The Hall–Kier alpha value is -1.61. The molecule has 0 saturated carbocycles. The van der Waals surface area contributed by atoms with E-state index in [0.717, 1.165) is 31.7 Å². The molecule has 0 bridgehead atoms. The van der Waals surface area contributed by atoms with Crippen molar-refractivity contribution in [3.05, 3.63) is 53.1 Å². The lowest BCUT2D eigenvalue weighted by atomic mass is 10.1. The predicted octanol–water partition coefficient (Wildman–Crippen LogP) is 2.70. The van der Waals surface area contributed by atoms with E-state index in [-0.39, 0.29) is 0 Å². The van der Waals surface area contributed by atoms with Gasteiger partial charge in [-0.05, 0) is 31.5 Å². The molecular formula is C16H23N3. The molecular weight excluding hydrogens is 234 g/mol. The normalized spacial score (nSPS) is 10.9. The Morgan fingerprint density at radius 1 is 1.26 bits per heavy atom. The Bertz CT molecular complexity index is 529. The minimum absolute atomic E-state index is 0.904. The summed E-state index contributed by atoms with van der Waals surface area (Å²) < 4.78 is 2.17. The second-order valence-electron chi connectivity index (χ2n) is 5.07. The van der Waals surface area contributed by atoms with E-state index in [1.807, 2.05) is 6.33 Å². The van der Waals surface area contributed by atoms with Crippen molar-refractivity contribution in [1.82, 2.24) is 14.9 Å². The molecule has 0 aliphatic heterocycles. The van der Waals surface area contributed by atoms with Gasteiger partial charge in [-0.15, -0.1) is 0 Å². The van der Waals surface area contributed by atoms with Crippen LogP contribution in [0.4, 0.5) is 0 Å². The monoisotopic (exact) mass is 257 g/mol. The van der Waals surface area contributed by atoms with Crippen molar-refractivity contribution in [1.29, 1.82) is 0 Å². The Morgan fingerprint density at radius 2 is 2.11 bits per heavy atom. The largest absolute Gasteiger partial charge is 0.333 e. The first kappa shape index (κ1) is 13.8. The third-order valence-corrected chi connectivity index (χ3v) is 3.35. The molecule has 0 fully saturated rings. The highest BCUT2D eigenvalue weighted by molar-refractivity contribution is 5.30. The van der Waals surface area contributed by atoms with Gasteiger partial charge in [0.1, 0.15) is 0 Å². The number of imidazole rings is 1. The van der Waals surface area contributed by atoms with E-state index in [1.165, 1.54) is 16.7 Å². The second-order valence-corrected chi connectivity index (χ2v) is 5.07. The van der Waals surface area contributed by atoms with Gasteiger partial charge < -0.3 is 9.88 Å². The lowest BCUT2D eigenvalue weighted by Gasteiger charge is -2.07. The second kappa shape index (κ2) is 6.53. The van der Waals surface area contributed by atoms with E-state index in [0.29, 0.717) is 0 Å². The standard InChI is InChI=1S/C16H23N3/c1-4-17-8-7-16-11-19(12-18-16)10-15-9-13(2)5-6-14(15)3/h5-6,9,11-12,17H,4,7-8,10H2,1-3H3. The van der Waals surface area contributed by atoms with Crippen molar-refractivity contribution in [3.8, 4) is 0 Å². The highest BCUT2D eigenvalue weighted by Crippen LogP contribution is 2.12. The van der Waals surface area contributed by atoms with E-state index in [1.54, 1.807) is 0 Å². The summed E-state index contributed by atoms with van der Waals surface area (Å²) in [5.41, 5.74) is 5.18. The van der Waals surface area contributed by atoms with Crippen molar-refractivity contribution in [2.24, 2.45) is 0 Å². The molecule has 0 aliphatic rings. The van der Waals surface area contributed by atoms with Crippen LogP contribution in [-0.4, -0.2) is 22.6 Å². The van der Waals surface area contributed by atoms with Crippen molar-refractivity contribution in [2.75, 3.05) is 13.1 Å². The summed E-state index contributed by atoms with van der Waals surface area (Å²) in [4.78, 5) is 4.46. The Kier molecular flexibility index (Phi) is 4.74. The van der Waals surface area contributed by atoms with Crippen LogP contribution < -0.4 is 5.32 Å². The molecule has 1 aromatic carbocycles. The summed E-state index contributed by atoms with van der Waals surface area (Å²) in [6.45, 7) is 9.34. The van der Waals surface area contributed by atoms with Gasteiger partial charge in [0.15, 0.2) is 0 Å². The van der Waals surface area contributed by atoms with Crippen LogP contribution in [0.5, 0.6) is 0 Å². The van der Waals surface area contributed by atoms with Crippen molar-refractivity contribution in [2.45, 2.75) is 33.7 Å². The van der Waals surface area contributed by atoms with Crippen LogP contribution in [0.1, 0.15) is 29.3 Å². The van der Waals surface area contributed by atoms with Crippen LogP contribution >= 0.6 is 0 Å². The van der Waals surface area contributed by atoms with Gasteiger partial charge in [-0.1, -0.05) is 30.7 Å². The number of hydrogen-bond acceptors (Lipinski definition) is 2. The number of likely N-dealkylation sites (N-methyl/N-ethyl adjacent to an activating group) is 1. The number of benzene rings is 1. The van der Waals surface area contributed by atoms with Gasteiger partial charge in [0.05, 0.1) is 12.0 Å². The molecule has 1 aromatic heterocycles. The number of hydrogen-bond donors (Lipinski definition) is 1. The molecule has 0 radical (unpaired) electrons. The van der Waals surface area contributed by atoms with E-state index in [4.69, 9.17) is 0 Å². The van der Waals surface area contributed by atoms with Crippen LogP contribution in [0.2, 0.25) is 0 Å². The maximum Gasteiger partial charge on any atom is 0.0952 e. The molecule has 3 nitrogen and oxygen atoms in total. The topological polar surface area (TPSA) is 29.9 Å². The molecule has 0 atom stereocenters. The third-order valence-electron chi connectivity index (χ3n) is 3.35. The fourth-order valence-corrected chi connectivity index (χ4v) is 2.18. The predicted molar refractivity (Wildman–Crippen MR) is 79.5 cm³/mol. The fraction of sp³-hybridized carbons (Fsp3) is 0.438. The summed E-state index contributed by atoms with van der Waals surface area (Å²) >= 11 is 0. The van der Waals surface area contributed by atoms with Crippen LogP contribution in [-0.2, 0) is 13.0 Å². The highest BCUT2D eigenvalue weighted by Gasteiger charge is 2.02. The molecule has 0 saturated heterocycles. The maximum atomic E-state index is 4.46. The molecule has 2 aromatic rings. The summed E-state index contributed by atoms with van der Waals surface area (Å²) in [5.74, 6) is 0. The lowest BCUT2D eigenvalue weighted by Crippen LogP contribution is -2.16. The summed E-state index contributed by atoms with van der Waals surface area (Å²) in [6, 6.07) is 6.61. The first-order valence-corrected chi connectivity index (χ1v) is 6.96. The van der Waals surface area contributed by atoms with E-state index < -0.39 is 0 Å². The molecule has 3 heteroatoms. The SMILES string of the molecule is CCNCCc1cn(Cc2cc(C)ccc2C)cn1. The average Bonchev–Trinajstić information content (AvgIpc) is 2.82. The molecule has 0 amide bonds. The zero-order chi connectivity index (χ0) is 13.7. The van der Waals surface area contributed by atoms with E-state index >= 15 is 0 Å². The van der Waals surface area contributed by atoms with Crippen LogP contribution in [0.15, 0.2) is 30.7 Å². The van der Waals surface area contributed by atoms with E-state index in [2.05, 4.69) is 60.0 Å². The minimum Gasteiger partial charge on any atom is -0.333 e. The smallest absolute Gasteiger partial charge is 0.0952 e. The maximum absolute atomic E-state index is 4.46. The molecule has 102 valence electrons. The number of nitrogens with zero attached hydrogens (tertiary/aromatic N) is 2. The van der Waals surface area contributed by atoms with Crippen LogP contribution in [0, 0.1) is 13.8 Å². The summed E-state index contributed by atoms with van der Waals surface area (Å²) in [5, 5.41) is 3.32. The molecule has 0 spiro atoms. The Labute approximate surface area is 115 Å². The number of nitrogens with one attached hydrogen (secondary N) is 1. The molecule has 0 aliphatic carbocycles. The van der Waals surface area contributed by atoms with E-state index in [9.17, 15) is 0 Å². The number of aromatic nitrogens is 2. The van der Waals surface area contributed by atoms with Gasteiger partial charge >= 0.3 is 0 Å². The molecule has 1 heterocycles. The first-order chi connectivity index (χ1) is 9.19. The van der Waals surface area contributed by atoms with Crippen molar-refractivity contribution in [3.63, 3.8) is 0 Å². The molecule has 2 rings (SSSR count). The van der Waals surface area contributed by atoms with Gasteiger partial charge in [0.2, 0.25) is 0 Å². The van der Waals surface area contributed by atoms with Gasteiger partial charge in [0.25, 0.3) is 0 Å². The average molecular weight is 257 g/mol. The Morgan fingerprint density at radius 3 is 2.89 bits per heavy atom. The number of aryl methyl sites for hydroxylation is 2. The fourth-order valence-electron chi connectivity index (χ4n) is 2.18. The van der Waals surface area contributed by atoms with Gasteiger partial charge in [0, 0.05) is 25.7 Å². The van der Waals surface area contributed by atoms with Gasteiger partial charge in [-0.3, -0.25) is 0 Å². The van der Waals surface area contributed by atoms with Gasteiger partial charge in [-0.25, -0.2) is 4.98 Å². The molecule has 0 unspecified atom stereocenters. The third kappa shape index (κ3) is 3.93. The first-order valence-electron chi connectivity index (χ1n) is 6.96. The minimum atomic E-state index is 0.904. The quantitative estimate of drug-likeness (QED) is 0.806. The molecule has 1 N–H and O–H groups in total. The lowest BCUT2D eigenvalue weighted by molar-refractivity contribution is 0.708. The number of rotatable bonds is 6. The van der Waals surface area contributed by atoms with Crippen LogP contribution in [0.25, 0.3) is 0 Å². The van der Waals surface area contributed by atoms with Crippen molar-refractivity contribution < 1.29 is 0 Å².